The maximum atomic E-state index is 10.9. The zero-order chi connectivity index (χ0) is 16.4. The second-order valence-corrected chi connectivity index (χ2v) is 6.52. The Balaban J connectivity index is 1.70. The minimum absolute atomic E-state index is 0.0222. The summed E-state index contributed by atoms with van der Waals surface area (Å²) in [4.78, 5) is 15.2. The van der Waals surface area contributed by atoms with Crippen LogP contribution in [-0.2, 0) is 0 Å². The highest BCUT2D eigenvalue weighted by atomic mass is 16.6. The molecule has 1 aromatic carbocycles. The normalized spacial score (nSPS) is 23.0. The molecule has 1 unspecified atom stereocenters. The van der Waals surface area contributed by atoms with Gasteiger partial charge in [0.15, 0.2) is 0 Å². The van der Waals surface area contributed by atoms with Gasteiger partial charge in [-0.2, -0.15) is 5.26 Å². The minimum atomic E-state index is -0.453. The molecule has 6 heteroatoms. The number of nitro groups is 1. The highest BCUT2D eigenvalue weighted by molar-refractivity contribution is 5.63. The molecular formula is C17H22N4O2. The van der Waals surface area contributed by atoms with E-state index in [9.17, 15) is 15.4 Å². The van der Waals surface area contributed by atoms with Crippen molar-refractivity contribution in [1.29, 1.82) is 5.26 Å². The van der Waals surface area contributed by atoms with E-state index in [4.69, 9.17) is 0 Å². The third-order valence-corrected chi connectivity index (χ3v) is 5.19. The van der Waals surface area contributed by atoms with Gasteiger partial charge >= 0.3 is 0 Å². The first-order chi connectivity index (χ1) is 11.1. The van der Waals surface area contributed by atoms with E-state index >= 15 is 0 Å². The quantitative estimate of drug-likeness (QED) is 0.633. The standard InChI is InChI=1S/C17H22N4O2/c1-13-3-2-8-20(13)15-6-9-19(10-7-15)17-5-4-16(21(22)23)11-14(17)12-18/h4-5,11,13,15H,2-3,6-10H2,1H3. The number of nitro benzene ring substituents is 1. The summed E-state index contributed by atoms with van der Waals surface area (Å²) in [6, 6.07) is 8.01. The van der Waals surface area contributed by atoms with Gasteiger partial charge in [0.05, 0.1) is 16.2 Å². The smallest absolute Gasteiger partial charge is 0.270 e. The van der Waals surface area contributed by atoms with E-state index in [1.807, 2.05) is 0 Å². The van der Waals surface area contributed by atoms with E-state index in [1.165, 1.54) is 31.5 Å². The van der Waals surface area contributed by atoms with E-state index in [-0.39, 0.29) is 5.69 Å². The number of nitriles is 1. The average Bonchev–Trinajstić information content (AvgIpc) is 3.00. The van der Waals surface area contributed by atoms with Crippen LogP contribution >= 0.6 is 0 Å². The molecule has 0 N–H and O–H groups in total. The predicted octanol–water partition coefficient (Wildman–Crippen LogP) is 2.92. The molecule has 2 heterocycles. The Labute approximate surface area is 136 Å². The summed E-state index contributed by atoms with van der Waals surface area (Å²) in [6.45, 7) is 5.32. The number of rotatable bonds is 3. The van der Waals surface area contributed by atoms with Crippen LogP contribution < -0.4 is 4.90 Å². The Morgan fingerprint density at radius 2 is 2.00 bits per heavy atom. The molecule has 3 rings (SSSR count). The summed E-state index contributed by atoms with van der Waals surface area (Å²) in [5.74, 6) is 0. The maximum absolute atomic E-state index is 10.9. The molecule has 0 bridgehead atoms. The van der Waals surface area contributed by atoms with Crippen LogP contribution in [0.3, 0.4) is 0 Å². The summed E-state index contributed by atoms with van der Waals surface area (Å²) in [7, 11) is 0. The molecule has 2 fully saturated rings. The number of benzene rings is 1. The molecule has 2 aliphatic heterocycles. The van der Waals surface area contributed by atoms with E-state index in [1.54, 1.807) is 6.07 Å². The number of hydrogen-bond donors (Lipinski definition) is 0. The van der Waals surface area contributed by atoms with E-state index < -0.39 is 4.92 Å². The molecule has 0 saturated carbocycles. The third-order valence-electron chi connectivity index (χ3n) is 5.19. The molecule has 0 aliphatic carbocycles. The first-order valence-corrected chi connectivity index (χ1v) is 8.29. The van der Waals surface area contributed by atoms with Crippen molar-refractivity contribution >= 4 is 11.4 Å². The van der Waals surface area contributed by atoms with Crippen LogP contribution in [0.25, 0.3) is 0 Å². The zero-order valence-corrected chi connectivity index (χ0v) is 13.4. The topological polar surface area (TPSA) is 73.4 Å². The monoisotopic (exact) mass is 314 g/mol. The van der Waals surface area contributed by atoms with Gasteiger partial charge in [-0.1, -0.05) is 0 Å². The van der Waals surface area contributed by atoms with Crippen LogP contribution in [0.1, 0.15) is 38.2 Å². The number of nitrogens with zero attached hydrogens (tertiary/aromatic N) is 4. The van der Waals surface area contributed by atoms with Crippen LogP contribution in [-0.4, -0.2) is 41.5 Å². The minimum Gasteiger partial charge on any atom is -0.370 e. The lowest BCUT2D eigenvalue weighted by atomic mass is 10.0. The van der Waals surface area contributed by atoms with Crippen molar-refractivity contribution < 1.29 is 4.92 Å². The van der Waals surface area contributed by atoms with Gasteiger partial charge in [-0.15, -0.1) is 0 Å². The molecule has 1 aromatic rings. The largest absolute Gasteiger partial charge is 0.370 e. The van der Waals surface area contributed by atoms with Gasteiger partial charge in [0.2, 0.25) is 0 Å². The summed E-state index contributed by atoms with van der Waals surface area (Å²) < 4.78 is 0. The zero-order valence-electron chi connectivity index (χ0n) is 13.4. The fourth-order valence-corrected chi connectivity index (χ4v) is 3.94. The van der Waals surface area contributed by atoms with Gasteiger partial charge in [-0.05, 0) is 45.2 Å². The fourth-order valence-electron chi connectivity index (χ4n) is 3.94. The van der Waals surface area contributed by atoms with Crippen molar-refractivity contribution in [2.24, 2.45) is 0 Å². The van der Waals surface area contributed by atoms with Crippen LogP contribution in [0.4, 0.5) is 11.4 Å². The highest BCUT2D eigenvalue weighted by Crippen LogP contribution is 2.30. The van der Waals surface area contributed by atoms with Gasteiger partial charge in [-0.3, -0.25) is 15.0 Å². The van der Waals surface area contributed by atoms with Crippen molar-refractivity contribution in [3.05, 3.63) is 33.9 Å². The van der Waals surface area contributed by atoms with Crippen molar-refractivity contribution in [1.82, 2.24) is 4.90 Å². The SMILES string of the molecule is CC1CCCN1C1CCN(c2ccc([N+](=O)[O-])cc2C#N)CC1. The van der Waals surface area contributed by atoms with Gasteiger partial charge in [0, 0.05) is 37.3 Å². The Bertz CT molecular complexity index is 632. The third kappa shape index (κ3) is 3.15. The molecule has 1 atom stereocenters. The van der Waals surface area contributed by atoms with Crippen LogP contribution in [0.2, 0.25) is 0 Å². The summed E-state index contributed by atoms with van der Waals surface area (Å²) in [5.41, 5.74) is 1.20. The Kier molecular flexibility index (Phi) is 4.49. The van der Waals surface area contributed by atoms with Crippen LogP contribution in [0.5, 0.6) is 0 Å². The van der Waals surface area contributed by atoms with Gasteiger partial charge in [-0.25, -0.2) is 0 Å². The fraction of sp³-hybridized carbons (Fsp3) is 0.588. The highest BCUT2D eigenvalue weighted by Gasteiger charge is 2.31. The molecule has 122 valence electrons. The summed E-state index contributed by atoms with van der Waals surface area (Å²) >= 11 is 0. The summed E-state index contributed by atoms with van der Waals surface area (Å²) in [5, 5.41) is 20.2. The van der Waals surface area contributed by atoms with Gasteiger partial charge in [0.25, 0.3) is 5.69 Å². The Morgan fingerprint density at radius 1 is 1.26 bits per heavy atom. The molecule has 0 aromatic heterocycles. The molecule has 0 amide bonds. The lowest BCUT2D eigenvalue weighted by molar-refractivity contribution is -0.384. The second-order valence-electron chi connectivity index (χ2n) is 6.52. The lowest BCUT2D eigenvalue weighted by Crippen LogP contribution is -2.46. The number of non-ortho nitro benzene ring substituents is 1. The lowest BCUT2D eigenvalue weighted by Gasteiger charge is -2.39. The van der Waals surface area contributed by atoms with E-state index in [2.05, 4.69) is 22.8 Å². The van der Waals surface area contributed by atoms with Crippen molar-refractivity contribution in [3.63, 3.8) is 0 Å². The maximum Gasteiger partial charge on any atom is 0.270 e. The molecule has 6 nitrogen and oxygen atoms in total. The van der Waals surface area contributed by atoms with E-state index in [0.29, 0.717) is 17.6 Å². The van der Waals surface area contributed by atoms with Crippen LogP contribution in [0.15, 0.2) is 18.2 Å². The summed E-state index contributed by atoms with van der Waals surface area (Å²) in [6.07, 6.45) is 4.77. The van der Waals surface area contributed by atoms with E-state index in [0.717, 1.165) is 31.6 Å². The first kappa shape index (κ1) is 15.8. The molecule has 2 aliphatic rings. The average molecular weight is 314 g/mol. The van der Waals surface area contributed by atoms with Crippen molar-refractivity contribution in [2.75, 3.05) is 24.5 Å². The second kappa shape index (κ2) is 6.55. The first-order valence-electron chi connectivity index (χ1n) is 8.29. The van der Waals surface area contributed by atoms with Crippen LogP contribution in [0, 0.1) is 21.4 Å². The molecule has 23 heavy (non-hydrogen) atoms. The number of hydrogen-bond acceptors (Lipinski definition) is 5. The van der Waals surface area contributed by atoms with Crippen molar-refractivity contribution in [2.45, 2.75) is 44.7 Å². The molecular weight excluding hydrogens is 292 g/mol. The Morgan fingerprint density at radius 3 is 2.57 bits per heavy atom. The Hall–Kier alpha value is -2.13. The predicted molar refractivity (Wildman–Crippen MR) is 88.4 cm³/mol. The van der Waals surface area contributed by atoms with Gasteiger partial charge in [0.1, 0.15) is 6.07 Å². The number of anilines is 1. The molecule has 2 saturated heterocycles. The molecule has 0 radical (unpaired) electrons. The molecule has 0 spiro atoms. The van der Waals surface area contributed by atoms with Gasteiger partial charge < -0.3 is 4.90 Å². The number of likely N-dealkylation sites (tertiary alicyclic amines) is 1. The number of piperidine rings is 1. The van der Waals surface area contributed by atoms with Crippen molar-refractivity contribution in [3.8, 4) is 6.07 Å².